The summed E-state index contributed by atoms with van der Waals surface area (Å²) in [6.45, 7) is 10.7. The second-order valence-corrected chi connectivity index (χ2v) is 7.65. The average molecular weight is 447 g/mol. The number of hydrogen-bond donors (Lipinski definition) is 1. The SMILES string of the molecule is CC.CC(=Nc1ccccc1C)N(C)Cc1cccc(OCc2cccc(C)c2C(=O)O)c1. The number of aliphatic imine (C=N–C) groups is 1. The van der Waals surface area contributed by atoms with Crippen molar-refractivity contribution in [3.63, 3.8) is 0 Å². The van der Waals surface area contributed by atoms with Crippen LogP contribution in [0, 0.1) is 13.8 Å². The Bertz CT molecular complexity index is 1110. The minimum atomic E-state index is -0.935. The van der Waals surface area contributed by atoms with Crippen LogP contribution in [0.25, 0.3) is 0 Å². The lowest BCUT2D eigenvalue weighted by Gasteiger charge is -2.19. The maximum absolute atomic E-state index is 11.6. The maximum Gasteiger partial charge on any atom is 0.336 e. The zero-order valence-electron chi connectivity index (χ0n) is 20.4. The molecule has 0 saturated heterocycles. The number of hydrogen-bond acceptors (Lipinski definition) is 3. The summed E-state index contributed by atoms with van der Waals surface area (Å²) >= 11 is 0. The predicted octanol–water partition coefficient (Wildman–Crippen LogP) is 6.79. The standard InChI is InChI=1S/C26H28N2O3.C2H6/c1-18-9-5-6-14-24(18)27-20(3)28(4)16-21-11-8-13-23(15-21)31-17-22-12-7-10-19(2)25(22)26(29)30;1-2/h5-15H,16-17H2,1-4H3,(H,29,30);1-2H3. The molecule has 0 unspecified atom stereocenters. The van der Waals surface area contributed by atoms with Gasteiger partial charge in [-0.2, -0.15) is 0 Å². The van der Waals surface area contributed by atoms with Crippen molar-refractivity contribution in [3.8, 4) is 5.75 Å². The van der Waals surface area contributed by atoms with Crippen LogP contribution in [0.1, 0.15) is 53.4 Å². The highest BCUT2D eigenvalue weighted by Crippen LogP contribution is 2.21. The molecule has 0 atom stereocenters. The largest absolute Gasteiger partial charge is 0.489 e. The van der Waals surface area contributed by atoms with Gasteiger partial charge in [-0.05, 0) is 55.7 Å². The molecular formula is C28H34N2O3. The second kappa shape index (κ2) is 12.4. The Morgan fingerprint density at radius 2 is 1.64 bits per heavy atom. The number of carboxylic acid groups (broad SMARTS) is 1. The Kier molecular flexibility index (Phi) is 9.67. The molecule has 33 heavy (non-hydrogen) atoms. The monoisotopic (exact) mass is 446 g/mol. The molecule has 1 N–H and O–H groups in total. The lowest BCUT2D eigenvalue weighted by molar-refractivity contribution is 0.0693. The topological polar surface area (TPSA) is 62.1 Å². The van der Waals surface area contributed by atoms with Crippen molar-refractivity contribution in [2.75, 3.05) is 7.05 Å². The molecule has 5 heteroatoms. The molecule has 0 fully saturated rings. The molecule has 3 rings (SSSR count). The number of carboxylic acids is 1. The number of ether oxygens (including phenoxy) is 1. The van der Waals surface area contributed by atoms with Gasteiger partial charge in [-0.25, -0.2) is 9.79 Å². The molecule has 0 aliphatic rings. The lowest BCUT2D eigenvalue weighted by atomic mass is 10.0. The van der Waals surface area contributed by atoms with Gasteiger partial charge in [-0.3, -0.25) is 0 Å². The molecule has 5 nitrogen and oxygen atoms in total. The van der Waals surface area contributed by atoms with E-state index >= 15 is 0 Å². The van der Waals surface area contributed by atoms with E-state index in [1.807, 2.05) is 76.3 Å². The van der Waals surface area contributed by atoms with Crippen LogP contribution < -0.4 is 4.74 Å². The second-order valence-electron chi connectivity index (χ2n) is 7.65. The van der Waals surface area contributed by atoms with E-state index in [9.17, 15) is 9.90 Å². The summed E-state index contributed by atoms with van der Waals surface area (Å²) in [5.74, 6) is 0.694. The molecule has 0 aliphatic heterocycles. The highest BCUT2D eigenvalue weighted by atomic mass is 16.5. The van der Waals surface area contributed by atoms with Crippen molar-refractivity contribution in [1.29, 1.82) is 0 Å². The molecule has 0 radical (unpaired) electrons. The van der Waals surface area contributed by atoms with Crippen LogP contribution in [-0.4, -0.2) is 28.9 Å². The third-order valence-corrected chi connectivity index (χ3v) is 5.24. The molecule has 0 saturated carbocycles. The normalized spacial score (nSPS) is 10.8. The fourth-order valence-electron chi connectivity index (χ4n) is 3.39. The van der Waals surface area contributed by atoms with Crippen LogP contribution in [0.2, 0.25) is 0 Å². The Hall–Kier alpha value is -3.60. The van der Waals surface area contributed by atoms with E-state index in [0.29, 0.717) is 23.4 Å². The molecular weight excluding hydrogens is 412 g/mol. The first kappa shape index (κ1) is 25.7. The zero-order chi connectivity index (χ0) is 24.4. The van der Waals surface area contributed by atoms with Gasteiger partial charge in [0.1, 0.15) is 18.2 Å². The first-order valence-electron chi connectivity index (χ1n) is 11.2. The molecule has 3 aromatic rings. The van der Waals surface area contributed by atoms with Gasteiger partial charge in [-0.15, -0.1) is 0 Å². The third kappa shape index (κ3) is 7.21. The fraction of sp³-hybridized carbons (Fsp3) is 0.286. The van der Waals surface area contributed by atoms with Crippen LogP contribution in [0.3, 0.4) is 0 Å². The van der Waals surface area contributed by atoms with E-state index in [0.717, 1.165) is 28.2 Å². The van der Waals surface area contributed by atoms with Crippen LogP contribution in [0.4, 0.5) is 5.69 Å². The van der Waals surface area contributed by atoms with Gasteiger partial charge in [0.2, 0.25) is 0 Å². The van der Waals surface area contributed by atoms with E-state index in [1.54, 1.807) is 19.1 Å². The number of aromatic carboxylic acids is 1. The van der Waals surface area contributed by atoms with Gasteiger partial charge in [0.05, 0.1) is 11.3 Å². The van der Waals surface area contributed by atoms with Crippen molar-refractivity contribution >= 4 is 17.5 Å². The molecule has 174 valence electrons. The molecule has 0 aliphatic carbocycles. The maximum atomic E-state index is 11.6. The average Bonchev–Trinajstić information content (AvgIpc) is 2.80. The van der Waals surface area contributed by atoms with E-state index in [4.69, 9.17) is 9.73 Å². The fourth-order valence-corrected chi connectivity index (χ4v) is 3.39. The van der Waals surface area contributed by atoms with E-state index in [-0.39, 0.29) is 6.61 Å². The summed E-state index contributed by atoms with van der Waals surface area (Å²) in [5.41, 5.74) is 4.89. The molecule has 0 spiro atoms. The number of amidine groups is 1. The third-order valence-electron chi connectivity index (χ3n) is 5.24. The quantitative estimate of drug-likeness (QED) is 0.321. The van der Waals surface area contributed by atoms with Crippen LogP contribution in [-0.2, 0) is 13.2 Å². The highest BCUT2D eigenvalue weighted by molar-refractivity contribution is 5.91. The Morgan fingerprint density at radius 1 is 0.970 bits per heavy atom. The van der Waals surface area contributed by atoms with Gasteiger partial charge in [-0.1, -0.05) is 62.4 Å². The molecule has 3 aromatic carbocycles. The minimum Gasteiger partial charge on any atom is -0.489 e. The highest BCUT2D eigenvalue weighted by Gasteiger charge is 2.13. The number of benzene rings is 3. The van der Waals surface area contributed by atoms with Gasteiger partial charge in [0.15, 0.2) is 0 Å². The number of para-hydroxylation sites is 1. The lowest BCUT2D eigenvalue weighted by Crippen LogP contribution is -2.23. The summed E-state index contributed by atoms with van der Waals surface area (Å²) in [6, 6.07) is 21.3. The summed E-state index contributed by atoms with van der Waals surface area (Å²) in [4.78, 5) is 18.4. The van der Waals surface area contributed by atoms with Gasteiger partial charge in [0, 0.05) is 19.2 Å². The number of nitrogens with zero attached hydrogens (tertiary/aromatic N) is 2. The van der Waals surface area contributed by atoms with Gasteiger partial charge < -0.3 is 14.7 Å². The number of aryl methyl sites for hydroxylation is 2. The van der Waals surface area contributed by atoms with Crippen molar-refractivity contribution in [1.82, 2.24) is 4.90 Å². The van der Waals surface area contributed by atoms with Crippen molar-refractivity contribution in [2.45, 2.75) is 47.8 Å². The molecule has 0 amide bonds. The van der Waals surface area contributed by atoms with E-state index < -0.39 is 5.97 Å². The summed E-state index contributed by atoms with van der Waals surface area (Å²) in [6.07, 6.45) is 0. The Morgan fingerprint density at radius 3 is 2.33 bits per heavy atom. The summed E-state index contributed by atoms with van der Waals surface area (Å²) in [5, 5.41) is 9.49. The van der Waals surface area contributed by atoms with E-state index in [1.165, 1.54) is 0 Å². The predicted molar refractivity (Wildman–Crippen MR) is 136 cm³/mol. The number of rotatable bonds is 7. The first-order valence-corrected chi connectivity index (χ1v) is 11.2. The molecule has 0 aromatic heterocycles. The first-order chi connectivity index (χ1) is 15.8. The van der Waals surface area contributed by atoms with Crippen LogP contribution in [0.15, 0.2) is 71.7 Å². The van der Waals surface area contributed by atoms with Crippen molar-refractivity contribution < 1.29 is 14.6 Å². The number of carbonyl (C=O) groups is 1. The van der Waals surface area contributed by atoms with Gasteiger partial charge >= 0.3 is 5.97 Å². The van der Waals surface area contributed by atoms with Crippen molar-refractivity contribution in [2.24, 2.45) is 4.99 Å². The van der Waals surface area contributed by atoms with E-state index in [2.05, 4.69) is 17.9 Å². The molecule has 0 bridgehead atoms. The minimum absolute atomic E-state index is 0.205. The Balaban J connectivity index is 0.00000187. The molecule has 0 heterocycles. The van der Waals surface area contributed by atoms with Crippen LogP contribution in [0.5, 0.6) is 5.75 Å². The zero-order valence-corrected chi connectivity index (χ0v) is 20.4. The summed E-state index contributed by atoms with van der Waals surface area (Å²) in [7, 11) is 2.01. The van der Waals surface area contributed by atoms with Crippen LogP contribution >= 0.6 is 0 Å². The van der Waals surface area contributed by atoms with Gasteiger partial charge in [0.25, 0.3) is 0 Å². The summed E-state index contributed by atoms with van der Waals surface area (Å²) < 4.78 is 5.92. The Labute approximate surface area is 197 Å². The smallest absolute Gasteiger partial charge is 0.336 e. The van der Waals surface area contributed by atoms with Crippen molar-refractivity contribution in [3.05, 3.63) is 94.5 Å².